The van der Waals surface area contributed by atoms with Gasteiger partial charge in [0.25, 0.3) is 0 Å². The van der Waals surface area contributed by atoms with E-state index in [4.69, 9.17) is 10.7 Å². The first-order chi connectivity index (χ1) is 9.54. The predicted molar refractivity (Wildman–Crippen MR) is 84.2 cm³/mol. The summed E-state index contributed by atoms with van der Waals surface area (Å²) in [5.74, 6) is 1.05. The molecule has 2 heterocycles. The Bertz CT molecular complexity index is 754. The Balaban J connectivity index is 2.11. The van der Waals surface area contributed by atoms with Crippen molar-refractivity contribution in [2.75, 3.05) is 5.73 Å². The van der Waals surface area contributed by atoms with E-state index >= 15 is 0 Å². The Kier molecular flexibility index (Phi) is 3.22. The first-order valence-corrected chi connectivity index (χ1v) is 7.60. The minimum atomic E-state index is 0.369. The molecule has 4 nitrogen and oxygen atoms in total. The fourth-order valence-corrected chi connectivity index (χ4v) is 3.09. The zero-order chi connectivity index (χ0) is 14.3. The molecule has 0 spiro atoms. The maximum Gasteiger partial charge on any atom is 0.180 e. The number of hydrogen-bond acceptors (Lipinski definition) is 4. The smallest absolute Gasteiger partial charge is 0.180 e. The van der Waals surface area contributed by atoms with Crippen LogP contribution >= 0.6 is 11.3 Å². The van der Waals surface area contributed by atoms with Crippen molar-refractivity contribution >= 4 is 27.5 Å². The van der Waals surface area contributed by atoms with Crippen molar-refractivity contribution in [3.63, 3.8) is 0 Å². The van der Waals surface area contributed by atoms with E-state index in [0.717, 1.165) is 23.5 Å². The molecule has 5 heteroatoms. The standard InChI is InChI=1S/C15H18N4S/c1-9(2)19-13-5-4-10(3)6-12(13)18-14(19)7-11-8-20-15(16)17-11/h4-6,8-9H,7H2,1-3H3,(H2,16,17). The molecule has 0 bridgehead atoms. The van der Waals surface area contributed by atoms with Crippen molar-refractivity contribution in [2.24, 2.45) is 0 Å². The molecule has 0 unspecified atom stereocenters. The zero-order valence-electron chi connectivity index (χ0n) is 11.9. The number of rotatable bonds is 3. The number of hydrogen-bond donors (Lipinski definition) is 1. The second kappa shape index (κ2) is 4.90. The molecule has 0 atom stereocenters. The molecule has 0 fully saturated rings. The van der Waals surface area contributed by atoms with Gasteiger partial charge in [0, 0.05) is 17.8 Å². The molecule has 2 aromatic heterocycles. The normalized spacial score (nSPS) is 11.6. The summed E-state index contributed by atoms with van der Waals surface area (Å²) in [4.78, 5) is 9.12. The number of nitrogen functional groups attached to an aromatic ring is 1. The largest absolute Gasteiger partial charge is 0.375 e. The molecule has 0 aliphatic carbocycles. The van der Waals surface area contributed by atoms with Crippen LogP contribution in [0.4, 0.5) is 5.13 Å². The van der Waals surface area contributed by atoms with Crippen LogP contribution in [-0.2, 0) is 6.42 Å². The first-order valence-electron chi connectivity index (χ1n) is 6.72. The number of fused-ring (bicyclic) bond motifs is 1. The highest BCUT2D eigenvalue weighted by Crippen LogP contribution is 2.24. The molecule has 2 N–H and O–H groups in total. The molecule has 20 heavy (non-hydrogen) atoms. The summed E-state index contributed by atoms with van der Waals surface area (Å²) in [6, 6.07) is 6.78. The number of imidazole rings is 1. The number of nitrogens with zero attached hydrogens (tertiary/aromatic N) is 3. The third kappa shape index (κ3) is 2.29. The molecule has 0 saturated heterocycles. The predicted octanol–water partition coefficient (Wildman–Crippen LogP) is 3.56. The molecule has 0 aliphatic heterocycles. The Hall–Kier alpha value is -1.88. The number of aromatic nitrogens is 3. The third-order valence-corrected chi connectivity index (χ3v) is 4.07. The van der Waals surface area contributed by atoms with Crippen LogP contribution in [0.15, 0.2) is 23.6 Å². The minimum absolute atomic E-state index is 0.369. The van der Waals surface area contributed by atoms with E-state index in [0.29, 0.717) is 11.2 Å². The Morgan fingerprint density at radius 1 is 1.30 bits per heavy atom. The molecule has 0 radical (unpaired) electrons. The highest BCUT2D eigenvalue weighted by molar-refractivity contribution is 7.13. The van der Waals surface area contributed by atoms with Gasteiger partial charge in [-0.1, -0.05) is 6.07 Å². The van der Waals surface area contributed by atoms with Crippen LogP contribution < -0.4 is 5.73 Å². The van der Waals surface area contributed by atoms with Gasteiger partial charge in [-0.2, -0.15) is 0 Å². The molecular weight excluding hydrogens is 268 g/mol. The maximum absolute atomic E-state index is 5.71. The second-order valence-electron chi connectivity index (χ2n) is 5.34. The lowest BCUT2D eigenvalue weighted by atomic mass is 10.2. The van der Waals surface area contributed by atoms with Crippen LogP contribution in [0.3, 0.4) is 0 Å². The molecular formula is C15H18N4S. The Morgan fingerprint density at radius 3 is 2.75 bits per heavy atom. The van der Waals surface area contributed by atoms with Crippen molar-refractivity contribution in [3.8, 4) is 0 Å². The fraction of sp³-hybridized carbons (Fsp3) is 0.333. The average Bonchev–Trinajstić information content (AvgIpc) is 2.92. The molecule has 0 aliphatic rings. The minimum Gasteiger partial charge on any atom is -0.375 e. The molecule has 0 saturated carbocycles. The summed E-state index contributed by atoms with van der Waals surface area (Å²) in [6.07, 6.45) is 0.722. The van der Waals surface area contributed by atoms with Crippen LogP contribution in [0, 0.1) is 6.92 Å². The second-order valence-corrected chi connectivity index (χ2v) is 6.23. The van der Waals surface area contributed by atoms with E-state index in [2.05, 4.69) is 48.5 Å². The number of benzene rings is 1. The quantitative estimate of drug-likeness (QED) is 0.801. The van der Waals surface area contributed by atoms with Crippen molar-refractivity contribution in [1.29, 1.82) is 0 Å². The van der Waals surface area contributed by atoms with Gasteiger partial charge in [-0.25, -0.2) is 9.97 Å². The van der Waals surface area contributed by atoms with E-state index in [1.54, 1.807) is 0 Å². The zero-order valence-corrected chi connectivity index (χ0v) is 12.7. The van der Waals surface area contributed by atoms with Crippen LogP contribution in [0.5, 0.6) is 0 Å². The lowest BCUT2D eigenvalue weighted by Crippen LogP contribution is -2.07. The number of thiazole rings is 1. The van der Waals surface area contributed by atoms with Crippen LogP contribution in [-0.4, -0.2) is 14.5 Å². The van der Waals surface area contributed by atoms with E-state index < -0.39 is 0 Å². The highest BCUT2D eigenvalue weighted by Gasteiger charge is 2.14. The summed E-state index contributed by atoms with van der Waals surface area (Å²) in [5.41, 5.74) is 10.2. The molecule has 3 rings (SSSR count). The Morgan fingerprint density at radius 2 is 2.10 bits per heavy atom. The van der Waals surface area contributed by atoms with Crippen molar-refractivity contribution in [3.05, 3.63) is 40.7 Å². The van der Waals surface area contributed by atoms with Crippen molar-refractivity contribution < 1.29 is 0 Å². The summed E-state index contributed by atoms with van der Waals surface area (Å²) in [6.45, 7) is 6.45. The topological polar surface area (TPSA) is 56.7 Å². The van der Waals surface area contributed by atoms with Crippen LogP contribution in [0.1, 0.15) is 37.0 Å². The van der Waals surface area contributed by atoms with Gasteiger partial charge < -0.3 is 10.3 Å². The van der Waals surface area contributed by atoms with Gasteiger partial charge in [0.05, 0.1) is 16.7 Å². The summed E-state index contributed by atoms with van der Waals surface area (Å²) in [7, 11) is 0. The van der Waals surface area contributed by atoms with Crippen molar-refractivity contribution in [1.82, 2.24) is 14.5 Å². The van der Waals surface area contributed by atoms with Crippen LogP contribution in [0.25, 0.3) is 11.0 Å². The monoisotopic (exact) mass is 286 g/mol. The van der Waals surface area contributed by atoms with Gasteiger partial charge in [-0.15, -0.1) is 11.3 Å². The average molecular weight is 286 g/mol. The Labute approximate surface area is 122 Å². The van der Waals surface area contributed by atoms with Gasteiger partial charge in [-0.05, 0) is 38.5 Å². The summed E-state index contributed by atoms with van der Waals surface area (Å²) >= 11 is 1.48. The molecule has 3 aromatic rings. The number of aryl methyl sites for hydroxylation is 1. The van der Waals surface area contributed by atoms with E-state index in [1.807, 2.05) is 5.38 Å². The number of anilines is 1. The van der Waals surface area contributed by atoms with Gasteiger partial charge in [0.2, 0.25) is 0 Å². The molecule has 1 aromatic carbocycles. The summed E-state index contributed by atoms with van der Waals surface area (Å²) in [5, 5.41) is 2.62. The van der Waals surface area contributed by atoms with Crippen LogP contribution in [0.2, 0.25) is 0 Å². The van der Waals surface area contributed by atoms with Gasteiger partial charge in [0.1, 0.15) is 5.82 Å². The van der Waals surface area contributed by atoms with E-state index in [9.17, 15) is 0 Å². The van der Waals surface area contributed by atoms with Gasteiger partial charge >= 0.3 is 0 Å². The third-order valence-electron chi connectivity index (χ3n) is 3.34. The SMILES string of the molecule is Cc1ccc2c(c1)nc(Cc1csc(N)n1)n2C(C)C. The van der Waals surface area contributed by atoms with E-state index in [-0.39, 0.29) is 0 Å². The summed E-state index contributed by atoms with van der Waals surface area (Å²) < 4.78 is 2.28. The van der Waals surface area contributed by atoms with Crippen molar-refractivity contribution in [2.45, 2.75) is 33.2 Å². The molecule has 104 valence electrons. The first kappa shape index (κ1) is 13.1. The molecule has 0 amide bonds. The fourth-order valence-electron chi connectivity index (χ4n) is 2.53. The lowest BCUT2D eigenvalue weighted by molar-refractivity contribution is 0.590. The van der Waals surface area contributed by atoms with E-state index in [1.165, 1.54) is 22.4 Å². The van der Waals surface area contributed by atoms with Gasteiger partial charge in [0.15, 0.2) is 5.13 Å². The number of nitrogens with two attached hydrogens (primary N) is 1. The maximum atomic E-state index is 5.71. The lowest BCUT2D eigenvalue weighted by Gasteiger charge is -2.12. The van der Waals surface area contributed by atoms with Gasteiger partial charge in [-0.3, -0.25) is 0 Å². The highest BCUT2D eigenvalue weighted by atomic mass is 32.1.